The van der Waals surface area contributed by atoms with Gasteiger partial charge in [0.05, 0.1) is 13.2 Å². The third-order valence-corrected chi connectivity index (χ3v) is 3.32. The van der Waals surface area contributed by atoms with Crippen LogP contribution in [0.1, 0.15) is 18.5 Å². The maximum absolute atomic E-state index is 13.2. The van der Waals surface area contributed by atoms with Crippen LogP contribution in [0.2, 0.25) is 0 Å². The molecule has 1 rings (SSSR count). The zero-order valence-corrected chi connectivity index (χ0v) is 12.5. The van der Waals surface area contributed by atoms with Crippen LogP contribution in [0.25, 0.3) is 0 Å². The quantitative estimate of drug-likeness (QED) is 0.751. The summed E-state index contributed by atoms with van der Waals surface area (Å²) in [6.07, 6.45) is 0. The van der Waals surface area contributed by atoms with E-state index in [9.17, 15) is 4.39 Å². The van der Waals surface area contributed by atoms with Crippen LogP contribution in [-0.2, 0) is 9.47 Å². The molecule has 5 heteroatoms. The van der Waals surface area contributed by atoms with E-state index in [2.05, 4.69) is 11.8 Å². The molecule has 0 aliphatic rings. The molecule has 114 valence electrons. The van der Waals surface area contributed by atoms with Crippen molar-refractivity contribution in [1.82, 2.24) is 4.90 Å². The average Bonchev–Trinajstić information content (AvgIpc) is 2.43. The molecule has 0 heterocycles. The highest BCUT2D eigenvalue weighted by molar-refractivity contribution is 5.20. The molecule has 20 heavy (non-hydrogen) atoms. The van der Waals surface area contributed by atoms with Gasteiger partial charge in [-0.25, -0.2) is 4.39 Å². The number of ether oxygens (including phenoxy) is 2. The van der Waals surface area contributed by atoms with Crippen molar-refractivity contribution >= 4 is 0 Å². The molecule has 0 aliphatic carbocycles. The monoisotopic (exact) mass is 284 g/mol. The lowest BCUT2D eigenvalue weighted by atomic mass is 10.1. The minimum atomic E-state index is -0.258. The molecule has 2 unspecified atom stereocenters. The summed E-state index contributed by atoms with van der Waals surface area (Å²) in [6.45, 7) is 4.74. The van der Waals surface area contributed by atoms with Crippen LogP contribution >= 0.6 is 0 Å². The maximum atomic E-state index is 13.2. The van der Waals surface area contributed by atoms with Gasteiger partial charge in [-0.3, -0.25) is 4.90 Å². The van der Waals surface area contributed by atoms with Gasteiger partial charge in [0.1, 0.15) is 5.82 Å². The van der Waals surface area contributed by atoms with Crippen molar-refractivity contribution in [2.45, 2.75) is 19.0 Å². The molecule has 2 N–H and O–H groups in total. The van der Waals surface area contributed by atoms with Gasteiger partial charge in [0.15, 0.2) is 0 Å². The summed E-state index contributed by atoms with van der Waals surface area (Å²) >= 11 is 0. The summed E-state index contributed by atoms with van der Waals surface area (Å²) in [6, 6.07) is 6.44. The van der Waals surface area contributed by atoms with Gasteiger partial charge in [-0.1, -0.05) is 12.1 Å². The van der Waals surface area contributed by atoms with Gasteiger partial charge in [-0.2, -0.15) is 0 Å². The summed E-state index contributed by atoms with van der Waals surface area (Å²) in [5.74, 6) is -0.258. The molecule has 1 aromatic carbocycles. The van der Waals surface area contributed by atoms with Crippen molar-refractivity contribution in [3.05, 3.63) is 35.6 Å². The second-order valence-corrected chi connectivity index (χ2v) is 4.95. The predicted molar refractivity (Wildman–Crippen MR) is 78.1 cm³/mol. The van der Waals surface area contributed by atoms with E-state index < -0.39 is 0 Å². The first-order chi connectivity index (χ1) is 9.58. The molecule has 0 bridgehead atoms. The largest absolute Gasteiger partial charge is 0.383 e. The Balaban J connectivity index is 2.67. The molecule has 0 aliphatic heterocycles. The SMILES string of the molecule is COCCN(CC(N)c1cccc(F)c1)C(C)COC. The highest BCUT2D eigenvalue weighted by atomic mass is 19.1. The van der Waals surface area contributed by atoms with Gasteiger partial charge in [0.2, 0.25) is 0 Å². The molecule has 0 spiro atoms. The Morgan fingerprint density at radius 3 is 2.65 bits per heavy atom. The van der Waals surface area contributed by atoms with Crippen LogP contribution in [0, 0.1) is 5.82 Å². The van der Waals surface area contributed by atoms with Crippen molar-refractivity contribution in [2.24, 2.45) is 5.73 Å². The van der Waals surface area contributed by atoms with Crippen LogP contribution in [0.3, 0.4) is 0 Å². The Bertz CT molecular complexity index is 390. The van der Waals surface area contributed by atoms with Crippen LogP contribution in [0.15, 0.2) is 24.3 Å². The maximum Gasteiger partial charge on any atom is 0.123 e. The summed E-state index contributed by atoms with van der Waals surface area (Å²) in [4.78, 5) is 2.20. The lowest BCUT2D eigenvalue weighted by Crippen LogP contribution is -2.42. The minimum absolute atomic E-state index is 0.231. The molecule has 0 saturated carbocycles. The molecule has 0 saturated heterocycles. The minimum Gasteiger partial charge on any atom is -0.383 e. The van der Waals surface area contributed by atoms with E-state index in [-0.39, 0.29) is 17.9 Å². The van der Waals surface area contributed by atoms with E-state index in [0.29, 0.717) is 19.8 Å². The number of hydrogen-bond acceptors (Lipinski definition) is 4. The molecule has 2 atom stereocenters. The number of benzene rings is 1. The lowest BCUT2D eigenvalue weighted by Gasteiger charge is -2.31. The van der Waals surface area contributed by atoms with E-state index in [1.165, 1.54) is 12.1 Å². The van der Waals surface area contributed by atoms with E-state index in [0.717, 1.165) is 12.1 Å². The second kappa shape index (κ2) is 9.02. The summed E-state index contributed by atoms with van der Waals surface area (Å²) in [5.41, 5.74) is 6.98. The van der Waals surface area contributed by atoms with E-state index >= 15 is 0 Å². The number of methoxy groups -OCH3 is 2. The van der Waals surface area contributed by atoms with Gasteiger partial charge in [0, 0.05) is 39.4 Å². The number of rotatable bonds is 9. The highest BCUT2D eigenvalue weighted by Crippen LogP contribution is 2.14. The first-order valence-electron chi connectivity index (χ1n) is 6.81. The Hall–Kier alpha value is -1.01. The average molecular weight is 284 g/mol. The normalized spacial score (nSPS) is 14.5. The molecular weight excluding hydrogens is 259 g/mol. The van der Waals surface area contributed by atoms with Crippen molar-refractivity contribution < 1.29 is 13.9 Å². The predicted octanol–water partition coefficient (Wildman–Crippen LogP) is 1.81. The molecule has 1 aromatic rings. The number of nitrogens with zero attached hydrogens (tertiary/aromatic N) is 1. The zero-order chi connectivity index (χ0) is 15.0. The third-order valence-electron chi connectivity index (χ3n) is 3.32. The molecule has 0 fully saturated rings. The Morgan fingerprint density at radius 2 is 2.05 bits per heavy atom. The first-order valence-corrected chi connectivity index (χ1v) is 6.81. The molecule has 4 nitrogen and oxygen atoms in total. The fraction of sp³-hybridized carbons (Fsp3) is 0.600. The second-order valence-electron chi connectivity index (χ2n) is 4.95. The van der Waals surface area contributed by atoms with Crippen molar-refractivity contribution in [3.8, 4) is 0 Å². The highest BCUT2D eigenvalue weighted by Gasteiger charge is 2.18. The topological polar surface area (TPSA) is 47.7 Å². The first kappa shape index (κ1) is 17.0. The smallest absolute Gasteiger partial charge is 0.123 e. The summed E-state index contributed by atoms with van der Waals surface area (Å²) in [5, 5.41) is 0. The molecule has 0 radical (unpaired) electrons. The van der Waals surface area contributed by atoms with Gasteiger partial charge < -0.3 is 15.2 Å². The van der Waals surface area contributed by atoms with Gasteiger partial charge in [-0.05, 0) is 24.6 Å². The number of hydrogen-bond donors (Lipinski definition) is 1. The molecular formula is C15H25FN2O2. The van der Waals surface area contributed by atoms with Gasteiger partial charge in [0.25, 0.3) is 0 Å². The van der Waals surface area contributed by atoms with Crippen molar-refractivity contribution in [2.75, 3.05) is 40.5 Å². The van der Waals surface area contributed by atoms with Crippen LogP contribution < -0.4 is 5.73 Å². The third kappa shape index (κ3) is 5.54. The van der Waals surface area contributed by atoms with E-state index in [1.807, 2.05) is 6.07 Å². The fourth-order valence-electron chi connectivity index (χ4n) is 2.14. The summed E-state index contributed by atoms with van der Waals surface area (Å²) < 4.78 is 23.5. The van der Waals surface area contributed by atoms with Crippen molar-refractivity contribution in [3.63, 3.8) is 0 Å². The summed E-state index contributed by atoms with van der Waals surface area (Å²) in [7, 11) is 3.35. The van der Waals surface area contributed by atoms with Crippen molar-refractivity contribution in [1.29, 1.82) is 0 Å². The van der Waals surface area contributed by atoms with Crippen LogP contribution in [-0.4, -0.2) is 51.5 Å². The standard InChI is InChI=1S/C15H25FN2O2/c1-12(11-20-3)18(7-8-19-2)10-15(17)13-5-4-6-14(16)9-13/h4-6,9,12,15H,7-8,10-11,17H2,1-3H3. The zero-order valence-electron chi connectivity index (χ0n) is 12.5. The fourth-order valence-corrected chi connectivity index (χ4v) is 2.14. The van der Waals surface area contributed by atoms with Gasteiger partial charge in [-0.15, -0.1) is 0 Å². The Labute approximate surface area is 120 Å². The lowest BCUT2D eigenvalue weighted by molar-refractivity contribution is 0.0713. The van der Waals surface area contributed by atoms with Crippen LogP contribution in [0.4, 0.5) is 4.39 Å². The Morgan fingerprint density at radius 1 is 1.30 bits per heavy atom. The van der Waals surface area contributed by atoms with Gasteiger partial charge >= 0.3 is 0 Å². The van der Waals surface area contributed by atoms with E-state index in [4.69, 9.17) is 15.2 Å². The van der Waals surface area contributed by atoms with E-state index in [1.54, 1.807) is 20.3 Å². The number of nitrogens with two attached hydrogens (primary N) is 1. The molecule has 0 aromatic heterocycles. The van der Waals surface area contributed by atoms with Crippen LogP contribution in [0.5, 0.6) is 0 Å². The Kier molecular flexibility index (Phi) is 7.69. The molecule has 0 amide bonds. The number of halogens is 1.